The van der Waals surface area contributed by atoms with Gasteiger partial charge in [0.05, 0.1) is 14.2 Å². The molecule has 0 aromatic heterocycles. The van der Waals surface area contributed by atoms with Crippen molar-refractivity contribution in [3.63, 3.8) is 0 Å². The van der Waals surface area contributed by atoms with E-state index < -0.39 is 10.0 Å². The van der Waals surface area contributed by atoms with Gasteiger partial charge < -0.3 is 9.47 Å². The Morgan fingerprint density at radius 3 is 2.52 bits per heavy atom. The second-order valence-corrected chi connectivity index (χ2v) is 11.1. The predicted molar refractivity (Wildman–Crippen MR) is 107 cm³/mol. The number of piperidine rings is 1. The summed E-state index contributed by atoms with van der Waals surface area (Å²) >= 11 is 1.96. The van der Waals surface area contributed by atoms with Crippen LogP contribution in [-0.2, 0) is 10.0 Å². The second kappa shape index (κ2) is 7.46. The SMILES string of the molecule is COc1ccc(OC)c(S(=O)(=O)N2CC3(CC(N4CCCCC4)CS3)C2)c1. The number of sulfonamides is 1. The van der Waals surface area contributed by atoms with E-state index >= 15 is 0 Å². The Bertz CT molecular complexity index is 787. The number of benzene rings is 1. The number of rotatable bonds is 5. The van der Waals surface area contributed by atoms with Gasteiger partial charge in [-0.05, 0) is 44.5 Å². The first-order valence-corrected chi connectivity index (χ1v) is 12.0. The van der Waals surface area contributed by atoms with Crippen LogP contribution < -0.4 is 9.47 Å². The van der Waals surface area contributed by atoms with Crippen LogP contribution in [0.2, 0.25) is 0 Å². The first-order chi connectivity index (χ1) is 13.0. The summed E-state index contributed by atoms with van der Waals surface area (Å²) in [6.07, 6.45) is 5.03. The summed E-state index contributed by atoms with van der Waals surface area (Å²) in [6.45, 7) is 3.57. The molecule has 3 aliphatic rings. The molecule has 0 amide bonds. The van der Waals surface area contributed by atoms with Gasteiger partial charge in [-0.15, -0.1) is 0 Å². The number of thioether (sulfide) groups is 1. The molecule has 0 radical (unpaired) electrons. The minimum atomic E-state index is -3.58. The van der Waals surface area contributed by atoms with Gasteiger partial charge >= 0.3 is 0 Å². The summed E-state index contributed by atoms with van der Waals surface area (Å²) in [6, 6.07) is 5.52. The molecule has 1 atom stereocenters. The summed E-state index contributed by atoms with van der Waals surface area (Å²) in [5.74, 6) is 2.00. The topological polar surface area (TPSA) is 59.1 Å². The Morgan fingerprint density at radius 1 is 1.11 bits per heavy atom. The summed E-state index contributed by atoms with van der Waals surface area (Å²) in [5.41, 5.74) is 0. The summed E-state index contributed by atoms with van der Waals surface area (Å²) in [7, 11) is -0.553. The van der Waals surface area contributed by atoms with Crippen LogP contribution in [0.1, 0.15) is 25.7 Å². The molecule has 8 heteroatoms. The van der Waals surface area contributed by atoms with Crippen molar-refractivity contribution in [3.8, 4) is 11.5 Å². The number of hydrogen-bond acceptors (Lipinski definition) is 6. The van der Waals surface area contributed by atoms with Crippen LogP contribution in [0.15, 0.2) is 23.1 Å². The Morgan fingerprint density at radius 2 is 1.85 bits per heavy atom. The van der Waals surface area contributed by atoms with E-state index in [1.807, 2.05) is 11.8 Å². The van der Waals surface area contributed by atoms with Gasteiger partial charge in [-0.25, -0.2) is 8.42 Å². The van der Waals surface area contributed by atoms with E-state index in [1.165, 1.54) is 46.6 Å². The number of methoxy groups -OCH3 is 2. The molecule has 3 aliphatic heterocycles. The van der Waals surface area contributed by atoms with Crippen molar-refractivity contribution in [2.45, 2.75) is 41.4 Å². The standard InChI is InChI=1S/C19H28N2O4S2/c1-24-16-6-7-17(25-2)18(10-16)27(22,23)21-13-19(14-21)11-15(12-26-19)20-8-4-3-5-9-20/h6-7,10,15H,3-5,8-9,11-14H2,1-2H3. The molecule has 4 rings (SSSR count). The molecule has 0 N–H and O–H groups in total. The van der Waals surface area contributed by atoms with Gasteiger partial charge in [0.15, 0.2) is 0 Å². The highest BCUT2D eigenvalue weighted by Crippen LogP contribution is 2.49. The molecular weight excluding hydrogens is 384 g/mol. The van der Waals surface area contributed by atoms with Gasteiger partial charge in [0.25, 0.3) is 0 Å². The van der Waals surface area contributed by atoms with E-state index in [9.17, 15) is 8.42 Å². The van der Waals surface area contributed by atoms with Crippen molar-refractivity contribution in [1.82, 2.24) is 9.21 Å². The van der Waals surface area contributed by atoms with Gasteiger partial charge in [0, 0.05) is 35.7 Å². The van der Waals surface area contributed by atoms with Gasteiger partial charge in [-0.3, -0.25) is 4.90 Å². The molecule has 1 spiro atoms. The lowest BCUT2D eigenvalue weighted by atomic mass is 9.93. The first kappa shape index (κ1) is 19.4. The van der Waals surface area contributed by atoms with Crippen LogP contribution >= 0.6 is 11.8 Å². The quantitative estimate of drug-likeness (QED) is 0.740. The third-order valence-electron chi connectivity index (χ3n) is 6.01. The van der Waals surface area contributed by atoms with Gasteiger partial charge in [-0.1, -0.05) is 6.42 Å². The highest BCUT2D eigenvalue weighted by Gasteiger charge is 2.54. The van der Waals surface area contributed by atoms with Crippen molar-refractivity contribution in [1.29, 1.82) is 0 Å². The first-order valence-electron chi connectivity index (χ1n) is 9.58. The zero-order valence-electron chi connectivity index (χ0n) is 16.0. The van der Waals surface area contributed by atoms with Gasteiger partial charge in [0.1, 0.15) is 16.4 Å². The lowest BCUT2D eigenvalue weighted by Crippen LogP contribution is -2.61. The van der Waals surface area contributed by atoms with Crippen molar-refractivity contribution in [3.05, 3.63) is 18.2 Å². The van der Waals surface area contributed by atoms with Gasteiger partial charge in [0.2, 0.25) is 10.0 Å². The van der Waals surface area contributed by atoms with Crippen LogP contribution in [0.25, 0.3) is 0 Å². The van der Waals surface area contributed by atoms with Crippen LogP contribution in [0.5, 0.6) is 11.5 Å². The third kappa shape index (κ3) is 3.57. The average molecular weight is 413 g/mol. The Hall–Kier alpha value is -0.960. The highest BCUT2D eigenvalue weighted by molar-refractivity contribution is 8.01. The summed E-state index contributed by atoms with van der Waals surface area (Å²) < 4.78 is 38.5. The molecule has 1 unspecified atom stereocenters. The number of hydrogen-bond donors (Lipinski definition) is 0. The van der Waals surface area contributed by atoms with Crippen LogP contribution in [0.4, 0.5) is 0 Å². The van der Waals surface area contributed by atoms with Crippen LogP contribution in [-0.4, -0.2) is 74.6 Å². The minimum Gasteiger partial charge on any atom is -0.497 e. The number of ether oxygens (including phenoxy) is 2. The monoisotopic (exact) mass is 412 g/mol. The van der Waals surface area contributed by atoms with E-state index in [1.54, 1.807) is 22.5 Å². The van der Waals surface area contributed by atoms with E-state index in [-0.39, 0.29) is 9.64 Å². The van der Waals surface area contributed by atoms with Crippen LogP contribution in [0, 0.1) is 0 Å². The molecule has 150 valence electrons. The maximum Gasteiger partial charge on any atom is 0.246 e. The molecule has 3 fully saturated rings. The fourth-order valence-corrected chi connectivity index (χ4v) is 8.08. The van der Waals surface area contributed by atoms with E-state index in [2.05, 4.69) is 4.90 Å². The maximum absolute atomic E-state index is 13.2. The molecule has 0 aliphatic carbocycles. The fraction of sp³-hybridized carbons (Fsp3) is 0.684. The lowest BCUT2D eigenvalue weighted by molar-refractivity contribution is 0.140. The molecule has 1 aromatic rings. The highest BCUT2D eigenvalue weighted by atomic mass is 32.2. The molecule has 27 heavy (non-hydrogen) atoms. The predicted octanol–water partition coefficient (Wildman–Crippen LogP) is 2.44. The average Bonchev–Trinajstić information content (AvgIpc) is 3.13. The molecule has 0 saturated carbocycles. The number of likely N-dealkylation sites (tertiary alicyclic amines) is 1. The lowest BCUT2D eigenvalue weighted by Gasteiger charge is -2.46. The van der Waals surface area contributed by atoms with Crippen molar-refractivity contribution in [2.24, 2.45) is 0 Å². The van der Waals surface area contributed by atoms with Crippen LogP contribution in [0.3, 0.4) is 0 Å². The Kier molecular flexibility index (Phi) is 5.35. The smallest absolute Gasteiger partial charge is 0.246 e. The van der Waals surface area contributed by atoms with Crippen molar-refractivity contribution in [2.75, 3.05) is 46.2 Å². The summed E-state index contributed by atoms with van der Waals surface area (Å²) in [5, 5.41) is 0. The largest absolute Gasteiger partial charge is 0.497 e. The Labute approximate surface area is 166 Å². The van der Waals surface area contributed by atoms with E-state index in [4.69, 9.17) is 9.47 Å². The van der Waals surface area contributed by atoms with Gasteiger partial charge in [-0.2, -0.15) is 16.1 Å². The Balaban J connectivity index is 1.46. The van der Waals surface area contributed by atoms with E-state index in [0.717, 1.165) is 12.2 Å². The maximum atomic E-state index is 13.2. The third-order valence-corrected chi connectivity index (χ3v) is 9.42. The molecule has 3 saturated heterocycles. The molecule has 1 aromatic carbocycles. The zero-order chi connectivity index (χ0) is 19.1. The molecule has 0 bridgehead atoms. The molecule has 6 nitrogen and oxygen atoms in total. The zero-order valence-corrected chi connectivity index (χ0v) is 17.7. The molecule has 3 heterocycles. The fourth-order valence-electron chi connectivity index (χ4n) is 4.45. The molecular formula is C19H28N2O4S2. The van der Waals surface area contributed by atoms with Crippen molar-refractivity contribution < 1.29 is 17.9 Å². The normalized spacial score (nSPS) is 26.1. The van der Waals surface area contributed by atoms with Crippen molar-refractivity contribution >= 4 is 21.8 Å². The van der Waals surface area contributed by atoms with E-state index in [0.29, 0.717) is 30.6 Å². The second-order valence-electron chi connectivity index (χ2n) is 7.74. The summed E-state index contributed by atoms with van der Waals surface area (Å²) in [4.78, 5) is 2.81. The minimum absolute atomic E-state index is 0.0846. The number of nitrogens with zero attached hydrogens (tertiary/aromatic N) is 2.